The van der Waals surface area contributed by atoms with Crippen LogP contribution in [-0.4, -0.2) is 37.1 Å². The summed E-state index contributed by atoms with van der Waals surface area (Å²) < 4.78 is 24.4. The summed E-state index contributed by atoms with van der Waals surface area (Å²) in [5.74, 6) is 0. The fourth-order valence-corrected chi connectivity index (χ4v) is 2.61. The lowest BCUT2D eigenvalue weighted by atomic mass is 10.3. The largest absolute Gasteiger partial charge is 0.326 e. The molecule has 0 saturated carbocycles. The second kappa shape index (κ2) is 3.62. The van der Waals surface area contributed by atoms with Gasteiger partial charge in [0.1, 0.15) is 0 Å². The summed E-state index contributed by atoms with van der Waals surface area (Å²) >= 11 is 0. The zero-order chi connectivity index (χ0) is 10.1. The van der Waals surface area contributed by atoms with E-state index in [-0.39, 0.29) is 6.04 Å². The van der Waals surface area contributed by atoms with Gasteiger partial charge in [0.15, 0.2) is 5.25 Å². The molecule has 1 unspecified atom stereocenters. The van der Waals surface area contributed by atoms with E-state index in [9.17, 15) is 8.42 Å². The lowest BCUT2D eigenvalue weighted by molar-refractivity contribution is 0.469. The van der Waals surface area contributed by atoms with E-state index in [0.717, 1.165) is 0 Å². The molecule has 0 radical (unpaired) electrons. The van der Waals surface area contributed by atoms with E-state index in [0.29, 0.717) is 19.5 Å². The van der Waals surface area contributed by atoms with Crippen LogP contribution < -0.4 is 5.73 Å². The Kier molecular flexibility index (Phi) is 2.91. The first-order valence-corrected chi connectivity index (χ1v) is 5.63. The number of sulfonamides is 1. The highest BCUT2D eigenvalue weighted by Crippen LogP contribution is 2.15. The maximum Gasteiger partial charge on any atom is 0.230 e. The van der Waals surface area contributed by atoms with Crippen LogP contribution in [0.15, 0.2) is 0 Å². The van der Waals surface area contributed by atoms with Crippen molar-refractivity contribution >= 4 is 10.0 Å². The summed E-state index contributed by atoms with van der Waals surface area (Å²) in [4.78, 5) is 0. The van der Waals surface area contributed by atoms with Gasteiger partial charge in [-0.3, -0.25) is 0 Å². The number of hydrogen-bond donors (Lipinski definition) is 1. The van der Waals surface area contributed by atoms with Gasteiger partial charge in [0.05, 0.1) is 6.07 Å². The highest BCUT2D eigenvalue weighted by Gasteiger charge is 2.33. The van der Waals surface area contributed by atoms with Gasteiger partial charge < -0.3 is 5.73 Å². The molecule has 5 nitrogen and oxygen atoms in total. The first kappa shape index (κ1) is 10.4. The van der Waals surface area contributed by atoms with E-state index >= 15 is 0 Å². The SMILES string of the molecule is CC(C#N)S(=O)(=O)N1CC[C@@H](N)C1. The smallest absolute Gasteiger partial charge is 0.230 e. The minimum atomic E-state index is -3.43. The topological polar surface area (TPSA) is 87.2 Å². The molecule has 0 aromatic rings. The third-order valence-electron chi connectivity index (χ3n) is 2.18. The molecule has 0 spiro atoms. The Labute approximate surface area is 78.2 Å². The van der Waals surface area contributed by atoms with Crippen molar-refractivity contribution in [3.63, 3.8) is 0 Å². The zero-order valence-corrected chi connectivity index (χ0v) is 8.29. The molecule has 0 aromatic heterocycles. The van der Waals surface area contributed by atoms with Crippen LogP contribution in [0, 0.1) is 11.3 Å². The van der Waals surface area contributed by atoms with Crippen molar-refractivity contribution in [1.82, 2.24) is 4.31 Å². The third kappa shape index (κ3) is 1.99. The molecule has 0 aromatic carbocycles. The lowest BCUT2D eigenvalue weighted by Crippen LogP contribution is -2.37. The number of nitriles is 1. The Hall–Kier alpha value is -0.640. The van der Waals surface area contributed by atoms with Crippen LogP contribution in [0.4, 0.5) is 0 Å². The summed E-state index contributed by atoms with van der Waals surface area (Å²) in [6, 6.07) is 1.64. The molecule has 1 rings (SSSR count). The molecule has 1 heterocycles. The molecule has 0 bridgehead atoms. The van der Waals surface area contributed by atoms with Gasteiger partial charge in [0.2, 0.25) is 10.0 Å². The van der Waals surface area contributed by atoms with Crippen LogP contribution in [0.25, 0.3) is 0 Å². The number of hydrogen-bond acceptors (Lipinski definition) is 4. The molecule has 13 heavy (non-hydrogen) atoms. The van der Waals surface area contributed by atoms with Crippen molar-refractivity contribution in [1.29, 1.82) is 5.26 Å². The lowest BCUT2D eigenvalue weighted by Gasteiger charge is -2.16. The maximum atomic E-state index is 11.6. The Bertz CT molecular complexity index is 319. The van der Waals surface area contributed by atoms with E-state index < -0.39 is 15.3 Å². The molecule has 74 valence electrons. The van der Waals surface area contributed by atoms with Crippen LogP contribution in [0.5, 0.6) is 0 Å². The normalized spacial score (nSPS) is 27.0. The van der Waals surface area contributed by atoms with Crippen LogP contribution in [0.3, 0.4) is 0 Å². The molecular formula is C7H13N3O2S. The van der Waals surface area contributed by atoms with E-state index in [1.807, 2.05) is 0 Å². The van der Waals surface area contributed by atoms with Crippen molar-refractivity contribution in [2.75, 3.05) is 13.1 Å². The van der Waals surface area contributed by atoms with Crippen molar-refractivity contribution in [2.45, 2.75) is 24.6 Å². The molecule has 2 N–H and O–H groups in total. The predicted molar refractivity (Wildman–Crippen MR) is 48.2 cm³/mol. The fourth-order valence-electron chi connectivity index (χ4n) is 1.28. The third-order valence-corrected chi connectivity index (χ3v) is 4.23. The second-order valence-electron chi connectivity index (χ2n) is 3.22. The van der Waals surface area contributed by atoms with E-state index in [1.54, 1.807) is 6.07 Å². The van der Waals surface area contributed by atoms with E-state index in [1.165, 1.54) is 11.2 Å². The summed E-state index contributed by atoms with van der Waals surface area (Å²) in [7, 11) is -3.43. The number of nitrogens with two attached hydrogens (primary N) is 1. The average molecular weight is 203 g/mol. The predicted octanol–water partition coefficient (Wildman–Crippen LogP) is -0.739. The van der Waals surface area contributed by atoms with Gasteiger partial charge in [-0.1, -0.05) is 0 Å². The van der Waals surface area contributed by atoms with Crippen LogP contribution in [0.2, 0.25) is 0 Å². The Morgan fingerprint density at radius 3 is 2.69 bits per heavy atom. The molecule has 1 fully saturated rings. The standard InChI is InChI=1S/C7H13N3O2S/c1-6(4-8)13(11,12)10-3-2-7(9)5-10/h6-7H,2-3,5,9H2,1H3/t6?,7-/m1/s1. The summed E-state index contributed by atoms with van der Waals surface area (Å²) in [6.07, 6.45) is 0.678. The monoisotopic (exact) mass is 203 g/mol. The summed E-state index contributed by atoms with van der Waals surface area (Å²) in [6.45, 7) is 2.17. The van der Waals surface area contributed by atoms with Crippen molar-refractivity contribution < 1.29 is 8.42 Å². The fraction of sp³-hybridized carbons (Fsp3) is 0.857. The Morgan fingerprint density at radius 2 is 2.31 bits per heavy atom. The maximum absolute atomic E-state index is 11.6. The number of rotatable bonds is 2. The van der Waals surface area contributed by atoms with Gasteiger partial charge in [-0.15, -0.1) is 0 Å². The van der Waals surface area contributed by atoms with Crippen LogP contribution in [-0.2, 0) is 10.0 Å². The highest BCUT2D eigenvalue weighted by molar-refractivity contribution is 7.89. The summed E-state index contributed by atoms with van der Waals surface area (Å²) in [5, 5.41) is 7.54. The highest BCUT2D eigenvalue weighted by atomic mass is 32.2. The van der Waals surface area contributed by atoms with E-state index in [2.05, 4.69) is 0 Å². The van der Waals surface area contributed by atoms with Gasteiger partial charge in [-0.05, 0) is 13.3 Å². The van der Waals surface area contributed by atoms with Crippen LogP contribution in [0.1, 0.15) is 13.3 Å². The molecule has 2 atom stereocenters. The van der Waals surface area contributed by atoms with Gasteiger partial charge in [0.25, 0.3) is 0 Å². The number of nitrogens with zero attached hydrogens (tertiary/aromatic N) is 2. The average Bonchev–Trinajstić information content (AvgIpc) is 2.50. The second-order valence-corrected chi connectivity index (χ2v) is 5.48. The molecule has 1 aliphatic heterocycles. The molecular weight excluding hydrogens is 190 g/mol. The van der Waals surface area contributed by atoms with Gasteiger partial charge >= 0.3 is 0 Å². The Morgan fingerprint density at radius 1 is 1.69 bits per heavy atom. The first-order valence-electron chi connectivity index (χ1n) is 4.12. The molecule has 1 aliphatic rings. The van der Waals surface area contributed by atoms with E-state index in [4.69, 9.17) is 11.0 Å². The van der Waals surface area contributed by atoms with Crippen molar-refractivity contribution in [3.8, 4) is 6.07 Å². The molecule has 0 amide bonds. The minimum Gasteiger partial charge on any atom is -0.326 e. The summed E-state index contributed by atoms with van der Waals surface area (Å²) in [5.41, 5.74) is 5.57. The van der Waals surface area contributed by atoms with Crippen LogP contribution >= 0.6 is 0 Å². The van der Waals surface area contributed by atoms with Crippen molar-refractivity contribution in [2.24, 2.45) is 5.73 Å². The molecule has 0 aliphatic carbocycles. The minimum absolute atomic E-state index is 0.0827. The molecule has 1 saturated heterocycles. The van der Waals surface area contributed by atoms with Crippen molar-refractivity contribution in [3.05, 3.63) is 0 Å². The van der Waals surface area contributed by atoms with Gasteiger partial charge in [-0.25, -0.2) is 8.42 Å². The van der Waals surface area contributed by atoms with Gasteiger partial charge in [0, 0.05) is 19.1 Å². The Balaban J connectivity index is 2.78. The quantitative estimate of drug-likeness (QED) is 0.640. The van der Waals surface area contributed by atoms with Gasteiger partial charge in [-0.2, -0.15) is 9.57 Å². The zero-order valence-electron chi connectivity index (χ0n) is 7.47. The molecule has 6 heteroatoms. The first-order chi connectivity index (χ1) is 5.98.